The normalized spacial score (nSPS) is 9.62. The zero-order valence-corrected chi connectivity index (χ0v) is 9.70. The molecule has 2 amide bonds. The Balaban J connectivity index is 2.70. The third-order valence-corrected chi connectivity index (χ3v) is 2.24. The summed E-state index contributed by atoms with van der Waals surface area (Å²) in [5.74, 6) is 0.127. The molecule has 0 bridgehead atoms. The molecule has 0 heterocycles. The first-order chi connectivity index (χ1) is 7.69. The van der Waals surface area contributed by atoms with Crippen LogP contribution in [0.2, 0.25) is 5.02 Å². The number of rotatable bonds is 4. The first-order valence-corrected chi connectivity index (χ1v) is 5.32. The molecule has 0 radical (unpaired) electrons. The van der Waals surface area contributed by atoms with E-state index in [0.717, 1.165) is 0 Å². The van der Waals surface area contributed by atoms with E-state index in [4.69, 9.17) is 23.2 Å². The second kappa shape index (κ2) is 6.30. The molecule has 0 spiro atoms. The van der Waals surface area contributed by atoms with Crippen molar-refractivity contribution >= 4 is 34.9 Å². The molecule has 0 aromatic heterocycles. The Hall–Kier alpha value is -1.33. The minimum absolute atomic E-state index is 0.0430. The summed E-state index contributed by atoms with van der Waals surface area (Å²) in [6.45, 7) is 0.0430. The van der Waals surface area contributed by atoms with Crippen LogP contribution in [-0.2, 0) is 0 Å². The van der Waals surface area contributed by atoms with Crippen molar-refractivity contribution in [1.82, 2.24) is 5.01 Å². The second-order valence-electron chi connectivity index (χ2n) is 2.80. The number of carbonyl (C=O) groups excluding carboxylic acids is 1. The number of benzene rings is 1. The van der Waals surface area contributed by atoms with Crippen LogP contribution >= 0.6 is 23.2 Å². The fraction of sp³-hybridized carbons (Fsp3) is 0.222. The topological polar surface area (TPSA) is 61.8 Å². The van der Waals surface area contributed by atoms with Crippen LogP contribution in [0.4, 0.5) is 10.5 Å². The van der Waals surface area contributed by atoms with Crippen molar-refractivity contribution in [2.24, 2.45) is 5.29 Å². The number of hydrogen-bond donors (Lipinski definition) is 1. The third-order valence-electron chi connectivity index (χ3n) is 1.74. The number of halogens is 2. The van der Waals surface area contributed by atoms with Gasteiger partial charge >= 0.3 is 6.03 Å². The van der Waals surface area contributed by atoms with Crippen LogP contribution in [0.25, 0.3) is 0 Å². The van der Waals surface area contributed by atoms with Gasteiger partial charge in [0.15, 0.2) is 0 Å². The molecule has 16 heavy (non-hydrogen) atoms. The predicted octanol–water partition coefficient (Wildman–Crippen LogP) is 3.09. The lowest BCUT2D eigenvalue weighted by Gasteiger charge is -2.13. The predicted molar refractivity (Wildman–Crippen MR) is 63.7 cm³/mol. The zero-order valence-electron chi connectivity index (χ0n) is 8.19. The standard InChI is InChI=1S/C9H9Cl2N3O2/c10-5-6-14(13-16)9(15)12-8-4-2-1-3-7(8)11/h1-4H,5-6H2,(H,12,15). The van der Waals surface area contributed by atoms with Gasteiger partial charge in [0.25, 0.3) is 0 Å². The van der Waals surface area contributed by atoms with E-state index >= 15 is 0 Å². The van der Waals surface area contributed by atoms with E-state index < -0.39 is 6.03 Å². The maximum absolute atomic E-state index is 11.5. The summed E-state index contributed by atoms with van der Waals surface area (Å²) in [7, 11) is 0. The first kappa shape index (κ1) is 12.7. The number of nitroso groups, excluding NO2 is 1. The van der Waals surface area contributed by atoms with Gasteiger partial charge in [0.05, 0.1) is 22.5 Å². The fourth-order valence-corrected chi connectivity index (χ4v) is 1.34. The highest BCUT2D eigenvalue weighted by Crippen LogP contribution is 2.20. The summed E-state index contributed by atoms with van der Waals surface area (Å²) in [5, 5.41) is 6.07. The summed E-state index contributed by atoms with van der Waals surface area (Å²) in [6, 6.07) is 6.01. The molecule has 0 aliphatic heterocycles. The molecule has 1 N–H and O–H groups in total. The Kier molecular flexibility index (Phi) is 5.01. The molecule has 1 rings (SSSR count). The monoisotopic (exact) mass is 261 g/mol. The van der Waals surface area contributed by atoms with E-state index in [1.165, 1.54) is 0 Å². The van der Waals surface area contributed by atoms with Gasteiger partial charge in [0.1, 0.15) is 0 Å². The highest BCUT2D eigenvalue weighted by atomic mass is 35.5. The summed E-state index contributed by atoms with van der Waals surface area (Å²) in [5.41, 5.74) is 0.414. The number of para-hydroxylation sites is 1. The first-order valence-electron chi connectivity index (χ1n) is 4.41. The van der Waals surface area contributed by atoms with Crippen LogP contribution in [0, 0.1) is 4.91 Å². The molecule has 0 aliphatic rings. The molecular formula is C9H9Cl2N3O2. The van der Waals surface area contributed by atoms with Gasteiger partial charge in [-0.2, -0.15) is 5.01 Å². The van der Waals surface area contributed by atoms with Crippen molar-refractivity contribution in [3.8, 4) is 0 Å². The summed E-state index contributed by atoms with van der Waals surface area (Å²) < 4.78 is 0. The molecule has 86 valence electrons. The number of carbonyl (C=O) groups is 1. The largest absolute Gasteiger partial charge is 0.344 e. The average molecular weight is 262 g/mol. The van der Waals surface area contributed by atoms with E-state index in [2.05, 4.69) is 10.6 Å². The van der Waals surface area contributed by atoms with Crippen LogP contribution in [0.15, 0.2) is 29.6 Å². The molecule has 0 aliphatic carbocycles. The molecule has 0 atom stereocenters. The zero-order chi connectivity index (χ0) is 12.0. The summed E-state index contributed by atoms with van der Waals surface area (Å²) >= 11 is 11.2. The van der Waals surface area contributed by atoms with Crippen LogP contribution in [0.5, 0.6) is 0 Å². The van der Waals surface area contributed by atoms with E-state index in [9.17, 15) is 9.70 Å². The smallest absolute Gasteiger partial charge is 0.305 e. The van der Waals surface area contributed by atoms with Gasteiger partial charge in [-0.3, -0.25) is 0 Å². The highest BCUT2D eigenvalue weighted by molar-refractivity contribution is 6.33. The summed E-state index contributed by atoms with van der Waals surface area (Å²) in [4.78, 5) is 21.8. The average Bonchev–Trinajstić information content (AvgIpc) is 2.29. The second-order valence-corrected chi connectivity index (χ2v) is 3.59. The molecule has 7 heteroatoms. The lowest BCUT2D eigenvalue weighted by Crippen LogP contribution is -2.31. The van der Waals surface area contributed by atoms with E-state index in [1.54, 1.807) is 24.3 Å². The number of amides is 2. The Morgan fingerprint density at radius 1 is 1.44 bits per heavy atom. The van der Waals surface area contributed by atoms with Crippen molar-refractivity contribution < 1.29 is 4.79 Å². The maximum Gasteiger partial charge on any atom is 0.344 e. The number of nitrogens with one attached hydrogen (secondary N) is 1. The van der Waals surface area contributed by atoms with Crippen molar-refractivity contribution in [2.45, 2.75) is 0 Å². The Bertz CT molecular complexity index is 387. The molecule has 0 fully saturated rings. The van der Waals surface area contributed by atoms with Crippen LogP contribution < -0.4 is 5.32 Å². The lowest BCUT2D eigenvalue weighted by atomic mass is 10.3. The lowest BCUT2D eigenvalue weighted by molar-refractivity contribution is 0.216. The van der Waals surface area contributed by atoms with Crippen LogP contribution in [0.3, 0.4) is 0 Å². The van der Waals surface area contributed by atoms with Crippen LogP contribution in [-0.4, -0.2) is 23.5 Å². The summed E-state index contributed by atoms with van der Waals surface area (Å²) in [6.07, 6.45) is 0. The van der Waals surface area contributed by atoms with Gasteiger partial charge in [0.2, 0.25) is 0 Å². The van der Waals surface area contributed by atoms with Crippen LogP contribution in [0.1, 0.15) is 0 Å². The number of alkyl halides is 1. The fourth-order valence-electron chi connectivity index (χ4n) is 1.00. The number of anilines is 1. The molecule has 1 aromatic carbocycles. The molecule has 1 aromatic rings. The van der Waals surface area contributed by atoms with Gasteiger partial charge in [-0.1, -0.05) is 23.7 Å². The quantitative estimate of drug-likeness (QED) is 0.514. The third kappa shape index (κ3) is 3.36. The van der Waals surface area contributed by atoms with Gasteiger partial charge in [0, 0.05) is 5.88 Å². The van der Waals surface area contributed by atoms with Gasteiger partial charge in [-0.25, -0.2) is 4.79 Å². The minimum atomic E-state index is -0.663. The Labute approximate surface area is 102 Å². The van der Waals surface area contributed by atoms with E-state index in [-0.39, 0.29) is 12.4 Å². The van der Waals surface area contributed by atoms with Crippen molar-refractivity contribution in [1.29, 1.82) is 0 Å². The highest BCUT2D eigenvalue weighted by Gasteiger charge is 2.14. The SMILES string of the molecule is O=NN(CCCl)C(=O)Nc1ccccc1Cl. The van der Waals surface area contributed by atoms with Crippen molar-refractivity contribution in [3.05, 3.63) is 34.2 Å². The number of nitrogens with zero attached hydrogens (tertiary/aromatic N) is 2. The number of urea groups is 1. The van der Waals surface area contributed by atoms with Crippen molar-refractivity contribution in [3.63, 3.8) is 0 Å². The van der Waals surface area contributed by atoms with E-state index in [1.807, 2.05) is 0 Å². The van der Waals surface area contributed by atoms with Gasteiger partial charge in [-0.15, -0.1) is 16.5 Å². The Morgan fingerprint density at radius 2 is 2.12 bits per heavy atom. The molecule has 0 saturated heterocycles. The molecular weight excluding hydrogens is 253 g/mol. The Morgan fingerprint density at radius 3 is 2.69 bits per heavy atom. The van der Waals surface area contributed by atoms with Gasteiger partial charge < -0.3 is 5.32 Å². The van der Waals surface area contributed by atoms with Crippen molar-refractivity contribution in [2.75, 3.05) is 17.7 Å². The molecule has 0 saturated carbocycles. The maximum atomic E-state index is 11.5. The molecule has 5 nitrogen and oxygen atoms in total. The minimum Gasteiger partial charge on any atom is -0.305 e. The molecule has 0 unspecified atom stereocenters. The van der Waals surface area contributed by atoms with E-state index in [0.29, 0.717) is 15.7 Å². The number of hydrogen-bond acceptors (Lipinski definition) is 3. The van der Waals surface area contributed by atoms with Gasteiger partial charge in [-0.05, 0) is 12.1 Å².